The van der Waals surface area contributed by atoms with E-state index in [1.807, 2.05) is 30.4 Å². The van der Waals surface area contributed by atoms with Crippen LogP contribution in [0.15, 0.2) is 60.8 Å². The van der Waals surface area contributed by atoms with Crippen molar-refractivity contribution in [1.29, 1.82) is 0 Å². The molecule has 10 heteroatoms. The normalized spacial score (nSPS) is 18.0. The fraction of sp³-hybridized carbons (Fsp3) is 0.744. The first kappa shape index (κ1) is 49.2. The Labute approximate surface area is 323 Å². The molecule has 0 aromatic heterocycles. The number of carbonyl (C=O) groups excluding carboxylic acids is 1. The summed E-state index contributed by atoms with van der Waals surface area (Å²) in [5.74, 6) is -0.409. The number of epoxide rings is 1. The highest BCUT2D eigenvalue weighted by Gasteiger charge is 2.35. The number of unbranched alkanes of at least 4 members (excludes halogenated alkanes) is 15. The smallest absolute Gasteiger partial charge is 0.457 e. The molecule has 1 aliphatic heterocycles. The van der Waals surface area contributed by atoms with Crippen molar-refractivity contribution >= 4 is 13.8 Å². The van der Waals surface area contributed by atoms with Crippen LogP contribution in [0.3, 0.4) is 0 Å². The number of nitrogens with two attached hydrogens (primary N) is 1. The van der Waals surface area contributed by atoms with Crippen LogP contribution in [0.5, 0.6) is 0 Å². The van der Waals surface area contributed by atoms with E-state index in [1.54, 1.807) is 0 Å². The molecule has 9 nitrogen and oxygen atoms in total. The molecule has 0 saturated carbocycles. The third-order valence-corrected chi connectivity index (χ3v) is 9.86. The molecular weight excluding hydrogens is 689 g/mol. The van der Waals surface area contributed by atoms with Crippen molar-refractivity contribution in [2.45, 2.75) is 173 Å². The van der Waals surface area contributed by atoms with Gasteiger partial charge in [0.2, 0.25) is 0 Å². The summed E-state index contributed by atoms with van der Waals surface area (Å²) in [7, 11) is -4.31. The molecule has 1 heterocycles. The van der Waals surface area contributed by atoms with E-state index in [4.69, 9.17) is 29.0 Å². The average molecular weight is 766 g/mol. The Bertz CT molecular complexity index is 1060. The van der Waals surface area contributed by atoms with Crippen LogP contribution in [-0.2, 0) is 32.6 Å². The van der Waals surface area contributed by atoms with Crippen LogP contribution in [0.1, 0.15) is 155 Å². The monoisotopic (exact) mass is 766 g/mol. The SMILES string of the molecule is CCCCC/C=C/C/C=C/C=C\C=C/C1OC1CCCC(=O)OC(COCCCCCCCC/C=C\CCCCCCCC)COP(=O)(O)OCCN. The first-order chi connectivity index (χ1) is 25.9. The van der Waals surface area contributed by atoms with Gasteiger partial charge in [-0.25, -0.2) is 4.57 Å². The number of ether oxygens (including phenoxy) is 3. The molecule has 306 valence electrons. The second kappa shape index (κ2) is 35.8. The Kier molecular flexibility index (Phi) is 33.3. The van der Waals surface area contributed by atoms with Crippen molar-refractivity contribution in [2.24, 2.45) is 5.73 Å². The quantitative estimate of drug-likeness (QED) is 0.0157. The number of carbonyl (C=O) groups is 1. The summed E-state index contributed by atoms with van der Waals surface area (Å²) in [5.41, 5.74) is 5.36. The largest absolute Gasteiger partial charge is 0.472 e. The topological polar surface area (TPSA) is 130 Å². The minimum Gasteiger partial charge on any atom is -0.457 e. The van der Waals surface area contributed by atoms with Crippen LogP contribution < -0.4 is 5.73 Å². The Morgan fingerprint density at radius 1 is 0.717 bits per heavy atom. The van der Waals surface area contributed by atoms with Gasteiger partial charge in [-0.05, 0) is 64.2 Å². The minimum atomic E-state index is -4.31. The van der Waals surface area contributed by atoms with Crippen molar-refractivity contribution in [3.05, 3.63) is 60.8 Å². The van der Waals surface area contributed by atoms with Crippen molar-refractivity contribution < 1.29 is 37.5 Å². The molecule has 4 atom stereocenters. The Morgan fingerprint density at radius 3 is 2.02 bits per heavy atom. The number of allylic oxidation sites excluding steroid dienone is 9. The van der Waals surface area contributed by atoms with Crippen LogP contribution in [-0.4, -0.2) is 62.1 Å². The standard InChI is InChI=1S/C43H76NO8P/c1-3-5-7-9-11-13-15-17-18-19-20-22-24-26-28-30-36-48-38-40(39-50-53(46,47)49-37-35-44)51-43(45)34-31-33-42-41(52-42)32-29-27-25-23-21-16-14-12-10-8-6-4-2/h12,14,17-18,21,23,25,27,29,32,40-42H,3-11,13,15-16,19-20,22,24,26,28,30-31,33-39,44H2,1-2H3,(H,46,47)/b14-12+,18-17-,23-21+,27-25-,32-29-. The number of esters is 1. The molecule has 0 aliphatic carbocycles. The van der Waals surface area contributed by atoms with Gasteiger partial charge in [0, 0.05) is 19.6 Å². The van der Waals surface area contributed by atoms with Crippen molar-refractivity contribution in [3.8, 4) is 0 Å². The first-order valence-electron chi connectivity index (χ1n) is 21.0. The van der Waals surface area contributed by atoms with Gasteiger partial charge in [-0.2, -0.15) is 0 Å². The highest BCUT2D eigenvalue weighted by atomic mass is 31.2. The van der Waals surface area contributed by atoms with Crippen LogP contribution in [0, 0.1) is 0 Å². The number of phosphoric acid groups is 1. The molecule has 0 amide bonds. The summed E-state index contributed by atoms with van der Waals surface area (Å²) in [6, 6.07) is 0. The maximum atomic E-state index is 12.6. The van der Waals surface area contributed by atoms with E-state index in [1.165, 1.54) is 89.9 Å². The lowest BCUT2D eigenvalue weighted by Gasteiger charge is -2.20. The molecule has 1 aliphatic rings. The molecule has 4 unspecified atom stereocenters. The zero-order valence-corrected chi connectivity index (χ0v) is 34.3. The molecule has 1 fully saturated rings. The summed E-state index contributed by atoms with van der Waals surface area (Å²) in [6.45, 7) is 4.73. The highest BCUT2D eigenvalue weighted by Crippen LogP contribution is 2.43. The molecule has 0 spiro atoms. The maximum Gasteiger partial charge on any atom is 0.472 e. The Hall–Kier alpha value is -1.84. The van der Waals surface area contributed by atoms with Crippen LogP contribution in [0.4, 0.5) is 0 Å². The summed E-state index contributed by atoms with van der Waals surface area (Å²) < 4.78 is 39.1. The van der Waals surface area contributed by atoms with E-state index in [0.717, 1.165) is 38.5 Å². The van der Waals surface area contributed by atoms with Gasteiger partial charge in [-0.1, -0.05) is 145 Å². The molecule has 1 saturated heterocycles. The summed E-state index contributed by atoms with van der Waals surface area (Å²) in [4.78, 5) is 22.5. The van der Waals surface area contributed by atoms with Crippen LogP contribution in [0.2, 0.25) is 0 Å². The van der Waals surface area contributed by atoms with Crippen LogP contribution >= 0.6 is 7.82 Å². The molecule has 0 radical (unpaired) electrons. The molecular formula is C43H76NO8P. The Morgan fingerprint density at radius 2 is 1.32 bits per heavy atom. The minimum absolute atomic E-state index is 0.0640. The van der Waals surface area contributed by atoms with Gasteiger partial charge in [0.05, 0.1) is 25.9 Å². The second-order valence-corrected chi connectivity index (χ2v) is 15.4. The third-order valence-electron chi connectivity index (χ3n) is 8.87. The third kappa shape index (κ3) is 33.2. The van der Waals surface area contributed by atoms with E-state index in [-0.39, 0.29) is 45.0 Å². The van der Waals surface area contributed by atoms with Gasteiger partial charge in [-0.15, -0.1) is 0 Å². The summed E-state index contributed by atoms with van der Waals surface area (Å²) in [5, 5.41) is 0. The van der Waals surface area contributed by atoms with E-state index in [0.29, 0.717) is 13.0 Å². The highest BCUT2D eigenvalue weighted by molar-refractivity contribution is 7.47. The van der Waals surface area contributed by atoms with Gasteiger partial charge in [0.25, 0.3) is 0 Å². The zero-order chi connectivity index (χ0) is 38.5. The number of phosphoric ester groups is 1. The molecule has 53 heavy (non-hydrogen) atoms. The van der Waals surface area contributed by atoms with E-state index < -0.39 is 19.9 Å². The zero-order valence-electron chi connectivity index (χ0n) is 33.4. The Balaban J connectivity index is 2.23. The molecule has 1 rings (SSSR count). The fourth-order valence-electron chi connectivity index (χ4n) is 5.68. The van der Waals surface area contributed by atoms with E-state index in [2.05, 4.69) is 44.2 Å². The number of rotatable bonds is 38. The first-order valence-corrected chi connectivity index (χ1v) is 22.5. The summed E-state index contributed by atoms with van der Waals surface area (Å²) >= 11 is 0. The fourth-order valence-corrected chi connectivity index (χ4v) is 6.44. The second-order valence-electron chi connectivity index (χ2n) is 13.9. The van der Waals surface area contributed by atoms with E-state index >= 15 is 0 Å². The molecule has 0 aromatic carbocycles. The van der Waals surface area contributed by atoms with Gasteiger partial charge >= 0.3 is 13.8 Å². The summed E-state index contributed by atoms with van der Waals surface area (Å²) in [6.07, 6.45) is 45.5. The molecule has 0 bridgehead atoms. The lowest BCUT2D eigenvalue weighted by atomic mass is 10.1. The van der Waals surface area contributed by atoms with Gasteiger partial charge < -0.3 is 24.8 Å². The van der Waals surface area contributed by atoms with Crippen molar-refractivity contribution in [3.63, 3.8) is 0 Å². The van der Waals surface area contributed by atoms with Crippen molar-refractivity contribution in [2.75, 3.05) is 33.0 Å². The van der Waals surface area contributed by atoms with Crippen molar-refractivity contribution in [1.82, 2.24) is 0 Å². The average Bonchev–Trinajstić information content (AvgIpc) is 3.90. The number of hydrogen-bond acceptors (Lipinski definition) is 8. The van der Waals surface area contributed by atoms with Gasteiger partial charge in [0.15, 0.2) is 0 Å². The van der Waals surface area contributed by atoms with E-state index in [9.17, 15) is 14.3 Å². The predicted octanol–water partition coefficient (Wildman–Crippen LogP) is 11.2. The number of hydrogen-bond donors (Lipinski definition) is 2. The van der Waals surface area contributed by atoms with Gasteiger partial charge in [0.1, 0.15) is 12.2 Å². The molecule has 3 N–H and O–H groups in total. The maximum absolute atomic E-state index is 12.6. The predicted molar refractivity (Wildman–Crippen MR) is 219 cm³/mol. The lowest BCUT2D eigenvalue weighted by Crippen LogP contribution is -2.28. The van der Waals surface area contributed by atoms with Gasteiger partial charge in [-0.3, -0.25) is 13.8 Å². The molecule has 0 aromatic rings. The van der Waals surface area contributed by atoms with Crippen LogP contribution in [0.25, 0.3) is 0 Å². The lowest BCUT2D eigenvalue weighted by molar-refractivity contribution is -0.154.